The quantitative estimate of drug-likeness (QED) is 0.534. The molecule has 0 unspecified atom stereocenters. The van der Waals surface area contributed by atoms with Crippen LogP contribution in [0.25, 0.3) is 10.9 Å². The van der Waals surface area contributed by atoms with Crippen LogP contribution in [0.1, 0.15) is 69.5 Å². The molecule has 1 N–H and O–H groups in total. The van der Waals surface area contributed by atoms with Gasteiger partial charge >= 0.3 is 0 Å². The summed E-state index contributed by atoms with van der Waals surface area (Å²) in [4.78, 5) is 17.4. The molecule has 1 saturated heterocycles. The highest BCUT2D eigenvalue weighted by atomic mass is 16.5. The highest BCUT2D eigenvalue weighted by molar-refractivity contribution is 5.86. The van der Waals surface area contributed by atoms with Gasteiger partial charge in [0, 0.05) is 36.1 Å². The molecule has 6 heteroatoms. The summed E-state index contributed by atoms with van der Waals surface area (Å²) in [7, 11) is 0. The van der Waals surface area contributed by atoms with Gasteiger partial charge in [0.1, 0.15) is 5.75 Å². The van der Waals surface area contributed by atoms with Gasteiger partial charge in [-0.1, -0.05) is 25.5 Å². The number of rotatable bonds is 9. The minimum atomic E-state index is 0.114. The Labute approximate surface area is 197 Å². The molecular formula is C27H38N2O4. The zero-order valence-electron chi connectivity index (χ0n) is 20.1. The number of unbranched alkanes of at least 4 members (excludes halogenated alkanes) is 1. The van der Waals surface area contributed by atoms with Crippen LogP contribution in [0.15, 0.2) is 24.3 Å². The number of amides is 1. The van der Waals surface area contributed by atoms with Crippen LogP contribution in [-0.4, -0.2) is 42.9 Å². The first-order valence-electron chi connectivity index (χ1n) is 12.7. The predicted molar refractivity (Wildman–Crippen MR) is 129 cm³/mol. The minimum Gasteiger partial charge on any atom is -0.493 e. The number of fused-ring (bicyclic) bond motifs is 1. The number of carbonyl (C=O) groups is 1. The Hall–Kier alpha value is -2.18. The molecule has 1 aromatic heterocycles. The molecule has 6 nitrogen and oxygen atoms in total. The summed E-state index contributed by atoms with van der Waals surface area (Å²) in [5.41, 5.74) is 2.98. The lowest BCUT2D eigenvalue weighted by molar-refractivity contribution is -0.129. The van der Waals surface area contributed by atoms with Crippen molar-refractivity contribution in [2.45, 2.75) is 84.0 Å². The van der Waals surface area contributed by atoms with E-state index in [-0.39, 0.29) is 24.0 Å². The van der Waals surface area contributed by atoms with E-state index in [4.69, 9.17) is 19.2 Å². The van der Waals surface area contributed by atoms with Crippen LogP contribution >= 0.6 is 0 Å². The average molecular weight is 455 g/mol. The lowest BCUT2D eigenvalue weighted by Crippen LogP contribution is -2.43. The van der Waals surface area contributed by atoms with Gasteiger partial charge in [0.25, 0.3) is 0 Å². The monoisotopic (exact) mass is 454 g/mol. The summed E-state index contributed by atoms with van der Waals surface area (Å²) in [5.74, 6) is 1.25. The Bertz CT molecular complexity index is 918. The van der Waals surface area contributed by atoms with E-state index >= 15 is 0 Å². The number of nitrogens with one attached hydrogen (secondary N) is 1. The van der Waals surface area contributed by atoms with Crippen LogP contribution in [0.4, 0.5) is 0 Å². The lowest BCUT2D eigenvalue weighted by atomic mass is 9.91. The number of hydrogen-bond donors (Lipinski definition) is 1. The average Bonchev–Trinajstić information content (AvgIpc) is 2.86. The van der Waals surface area contributed by atoms with Gasteiger partial charge < -0.3 is 19.5 Å². The molecule has 0 spiro atoms. The highest BCUT2D eigenvalue weighted by Gasteiger charge is 2.27. The van der Waals surface area contributed by atoms with E-state index in [0.29, 0.717) is 19.8 Å². The first-order chi connectivity index (χ1) is 16.2. The summed E-state index contributed by atoms with van der Waals surface area (Å²) in [5, 5.41) is 4.33. The van der Waals surface area contributed by atoms with Gasteiger partial charge in [-0.15, -0.1) is 0 Å². The van der Waals surface area contributed by atoms with Crippen LogP contribution in [0.3, 0.4) is 0 Å². The summed E-state index contributed by atoms with van der Waals surface area (Å²) in [6.07, 6.45) is 7.89. The number of para-hydroxylation sites is 1. The predicted octanol–water partition coefficient (Wildman–Crippen LogP) is 5.09. The molecule has 1 aromatic carbocycles. The second kappa shape index (κ2) is 11.8. The van der Waals surface area contributed by atoms with Gasteiger partial charge in [-0.3, -0.25) is 4.79 Å². The van der Waals surface area contributed by atoms with Gasteiger partial charge in [-0.05, 0) is 64.0 Å². The van der Waals surface area contributed by atoms with Crippen LogP contribution < -0.4 is 10.1 Å². The van der Waals surface area contributed by atoms with E-state index < -0.39 is 0 Å². The van der Waals surface area contributed by atoms with Crippen LogP contribution in [0.5, 0.6) is 5.75 Å². The van der Waals surface area contributed by atoms with E-state index in [2.05, 4.69) is 25.2 Å². The molecule has 1 aliphatic carbocycles. The smallest absolute Gasteiger partial charge is 0.223 e. The molecule has 2 fully saturated rings. The number of nitrogens with zero attached hydrogens (tertiary/aromatic N) is 1. The molecule has 1 saturated carbocycles. The molecule has 0 atom stereocenters. The molecule has 2 heterocycles. The number of benzene rings is 1. The van der Waals surface area contributed by atoms with Gasteiger partial charge in [-0.2, -0.15) is 0 Å². The summed E-state index contributed by atoms with van der Waals surface area (Å²) >= 11 is 0. The minimum absolute atomic E-state index is 0.114. The standard InChI is InChI=1S/C27H38N2O4/c1-3-4-15-32-26-19(2)25(29-24-8-6-5-7-23(24)26)18-33-22-11-9-21(10-12-22)28-27(30)20-13-16-31-17-14-20/h5-8,20-22H,3-4,9-18H2,1-2H3,(H,28,30). The van der Waals surface area contributed by atoms with Crippen molar-refractivity contribution >= 4 is 16.8 Å². The number of aromatic nitrogens is 1. The summed E-state index contributed by atoms with van der Waals surface area (Å²) in [6, 6.07) is 8.43. The maximum atomic E-state index is 12.5. The molecule has 4 rings (SSSR count). The third-order valence-corrected chi connectivity index (χ3v) is 6.99. The molecule has 2 aromatic rings. The Morgan fingerprint density at radius 1 is 1.12 bits per heavy atom. The van der Waals surface area contributed by atoms with Crippen molar-refractivity contribution in [2.75, 3.05) is 19.8 Å². The third kappa shape index (κ3) is 6.24. The van der Waals surface area contributed by atoms with E-state index in [1.165, 1.54) is 0 Å². The number of hydrogen-bond acceptors (Lipinski definition) is 5. The fourth-order valence-corrected chi connectivity index (χ4v) is 4.82. The third-order valence-electron chi connectivity index (χ3n) is 6.99. The van der Waals surface area contributed by atoms with Gasteiger partial charge in [0.2, 0.25) is 5.91 Å². The zero-order chi connectivity index (χ0) is 23.0. The highest BCUT2D eigenvalue weighted by Crippen LogP contribution is 2.32. The SMILES string of the molecule is CCCCOc1c(C)c(COC2CCC(NC(=O)C3CCOCC3)CC2)nc2ccccc12. The fraction of sp³-hybridized carbons (Fsp3) is 0.630. The maximum Gasteiger partial charge on any atom is 0.223 e. The fourth-order valence-electron chi connectivity index (χ4n) is 4.82. The first-order valence-corrected chi connectivity index (χ1v) is 12.7. The van der Waals surface area contributed by atoms with Crippen molar-refractivity contribution in [2.24, 2.45) is 5.92 Å². The van der Waals surface area contributed by atoms with Gasteiger partial charge in [-0.25, -0.2) is 4.98 Å². The number of ether oxygens (including phenoxy) is 3. The Morgan fingerprint density at radius 3 is 2.64 bits per heavy atom. The van der Waals surface area contributed by atoms with Crippen molar-refractivity contribution in [3.05, 3.63) is 35.5 Å². The molecule has 0 bridgehead atoms. The van der Waals surface area contributed by atoms with Gasteiger partial charge in [0.05, 0.1) is 30.5 Å². The van der Waals surface area contributed by atoms with Crippen molar-refractivity contribution < 1.29 is 19.0 Å². The zero-order valence-corrected chi connectivity index (χ0v) is 20.1. The van der Waals surface area contributed by atoms with Crippen LogP contribution in [0, 0.1) is 12.8 Å². The normalized spacial score (nSPS) is 21.8. The Kier molecular flexibility index (Phi) is 8.57. The van der Waals surface area contributed by atoms with E-state index in [1.54, 1.807) is 0 Å². The topological polar surface area (TPSA) is 69.7 Å². The molecule has 1 aliphatic heterocycles. The number of pyridine rings is 1. The molecule has 2 aliphatic rings. The summed E-state index contributed by atoms with van der Waals surface area (Å²) < 4.78 is 17.9. The van der Waals surface area contributed by atoms with Crippen LogP contribution in [0.2, 0.25) is 0 Å². The Morgan fingerprint density at radius 2 is 1.88 bits per heavy atom. The molecule has 33 heavy (non-hydrogen) atoms. The van der Waals surface area contributed by atoms with E-state index in [0.717, 1.165) is 85.9 Å². The molecular weight excluding hydrogens is 416 g/mol. The summed E-state index contributed by atoms with van der Waals surface area (Å²) in [6.45, 7) is 6.87. The number of carbonyl (C=O) groups excluding carboxylic acids is 1. The van der Waals surface area contributed by atoms with Gasteiger partial charge in [0.15, 0.2) is 0 Å². The van der Waals surface area contributed by atoms with Crippen molar-refractivity contribution in [3.8, 4) is 5.75 Å². The Balaban J connectivity index is 1.31. The first kappa shape index (κ1) is 24.0. The van der Waals surface area contributed by atoms with E-state index in [1.807, 2.05) is 18.2 Å². The second-order valence-electron chi connectivity index (χ2n) is 9.41. The lowest BCUT2D eigenvalue weighted by Gasteiger charge is -2.31. The second-order valence-corrected chi connectivity index (χ2v) is 9.41. The van der Waals surface area contributed by atoms with E-state index in [9.17, 15) is 4.79 Å². The van der Waals surface area contributed by atoms with Crippen molar-refractivity contribution in [3.63, 3.8) is 0 Å². The van der Waals surface area contributed by atoms with Crippen LogP contribution in [-0.2, 0) is 20.9 Å². The van der Waals surface area contributed by atoms with Crippen molar-refractivity contribution in [1.29, 1.82) is 0 Å². The maximum absolute atomic E-state index is 12.5. The molecule has 180 valence electrons. The molecule has 0 radical (unpaired) electrons. The molecule has 1 amide bonds. The van der Waals surface area contributed by atoms with Crippen molar-refractivity contribution in [1.82, 2.24) is 10.3 Å². The largest absolute Gasteiger partial charge is 0.493 e.